The molecule has 0 aliphatic carbocycles. The number of nitrogens with one attached hydrogen (secondary N) is 1. The van der Waals surface area contributed by atoms with Gasteiger partial charge in [0.1, 0.15) is 0 Å². The average Bonchev–Trinajstić information content (AvgIpc) is 2.68. The lowest BCUT2D eigenvalue weighted by atomic mass is 9.92. The van der Waals surface area contributed by atoms with Gasteiger partial charge in [0.05, 0.1) is 19.3 Å². The van der Waals surface area contributed by atoms with E-state index in [-0.39, 0.29) is 12.0 Å². The van der Waals surface area contributed by atoms with Crippen molar-refractivity contribution in [3.63, 3.8) is 0 Å². The quantitative estimate of drug-likeness (QED) is 0.602. The number of halogens is 1. The molecule has 5 heteroatoms. The lowest BCUT2D eigenvalue weighted by Crippen LogP contribution is -2.42. The molecule has 1 fully saturated rings. The van der Waals surface area contributed by atoms with Crippen molar-refractivity contribution in [1.29, 1.82) is 0 Å². The van der Waals surface area contributed by atoms with Crippen LogP contribution in [0.25, 0.3) is 0 Å². The van der Waals surface area contributed by atoms with Gasteiger partial charge in [-0.15, -0.1) is 0 Å². The fraction of sp³-hybridized carbons (Fsp3) is 0.458. The summed E-state index contributed by atoms with van der Waals surface area (Å²) >= 11 is 3.52. The Morgan fingerprint density at radius 2 is 1.79 bits per heavy atom. The molecule has 4 nitrogen and oxygen atoms in total. The molecule has 2 aromatic rings. The predicted octanol–water partition coefficient (Wildman–Crippen LogP) is 5.71. The third kappa shape index (κ3) is 5.68. The summed E-state index contributed by atoms with van der Waals surface area (Å²) in [5, 5.41) is 3.22. The van der Waals surface area contributed by atoms with Crippen LogP contribution in [-0.4, -0.2) is 37.0 Å². The van der Waals surface area contributed by atoms with E-state index in [4.69, 9.17) is 4.74 Å². The summed E-state index contributed by atoms with van der Waals surface area (Å²) in [5.74, 6) is 0.747. The van der Waals surface area contributed by atoms with Crippen LogP contribution in [0.3, 0.4) is 0 Å². The minimum Gasteiger partial charge on any atom is -0.371 e. The minimum atomic E-state index is -0.0109. The molecule has 156 valence electrons. The van der Waals surface area contributed by atoms with Gasteiger partial charge < -0.3 is 10.1 Å². The van der Waals surface area contributed by atoms with Crippen LogP contribution >= 0.6 is 15.9 Å². The summed E-state index contributed by atoms with van der Waals surface area (Å²) in [6.07, 6.45) is -0.0109. The van der Waals surface area contributed by atoms with Crippen LogP contribution in [0.1, 0.15) is 62.3 Å². The number of rotatable bonds is 6. The molecule has 1 saturated heterocycles. The van der Waals surface area contributed by atoms with Gasteiger partial charge in [-0.3, -0.25) is 9.69 Å². The van der Waals surface area contributed by atoms with E-state index in [0.717, 1.165) is 22.3 Å². The summed E-state index contributed by atoms with van der Waals surface area (Å²) < 4.78 is 7.00. The lowest BCUT2D eigenvalue weighted by molar-refractivity contribution is -0.119. The molecular weight excluding hydrogens is 428 g/mol. The topological polar surface area (TPSA) is 41.6 Å². The van der Waals surface area contributed by atoms with E-state index in [0.29, 0.717) is 31.5 Å². The molecule has 1 amide bonds. The number of ether oxygens (including phenoxy) is 1. The maximum absolute atomic E-state index is 12.9. The summed E-state index contributed by atoms with van der Waals surface area (Å²) in [5.41, 5.74) is 4.51. The van der Waals surface area contributed by atoms with Crippen molar-refractivity contribution in [2.75, 3.05) is 31.6 Å². The summed E-state index contributed by atoms with van der Waals surface area (Å²) in [6, 6.07) is 14.5. The molecule has 1 heterocycles. The van der Waals surface area contributed by atoms with Gasteiger partial charge in [0.15, 0.2) is 0 Å². The van der Waals surface area contributed by atoms with E-state index in [1.54, 1.807) is 0 Å². The van der Waals surface area contributed by atoms with Crippen molar-refractivity contribution in [2.45, 2.75) is 45.6 Å². The Balaban J connectivity index is 1.69. The number of benzene rings is 2. The molecule has 1 N–H and O–H groups in total. The number of nitrogens with zero attached hydrogens (tertiary/aromatic N) is 1. The van der Waals surface area contributed by atoms with Crippen LogP contribution < -0.4 is 5.32 Å². The molecule has 0 radical (unpaired) electrons. The lowest BCUT2D eigenvalue weighted by Gasteiger charge is -2.33. The highest BCUT2D eigenvalue weighted by Gasteiger charge is 2.24. The highest BCUT2D eigenvalue weighted by Crippen LogP contribution is 2.32. The maximum atomic E-state index is 12.9. The van der Waals surface area contributed by atoms with E-state index < -0.39 is 0 Å². The number of hydrogen-bond donors (Lipinski definition) is 1. The fourth-order valence-corrected chi connectivity index (χ4v) is 4.25. The Kier molecular flexibility index (Phi) is 7.49. The van der Waals surface area contributed by atoms with Gasteiger partial charge in [0, 0.05) is 23.2 Å². The van der Waals surface area contributed by atoms with Crippen LogP contribution in [0.4, 0.5) is 5.69 Å². The number of morpholine rings is 1. The van der Waals surface area contributed by atoms with Crippen LogP contribution in [0, 0.1) is 0 Å². The molecule has 1 atom stereocenters. The molecule has 1 aliphatic heterocycles. The van der Waals surface area contributed by atoms with Gasteiger partial charge in [-0.25, -0.2) is 0 Å². The zero-order chi connectivity index (χ0) is 21.0. The normalized spacial score (nSPS) is 17.7. The number of carbonyl (C=O) groups excluding carboxylic acids is 1. The van der Waals surface area contributed by atoms with Crippen molar-refractivity contribution in [1.82, 2.24) is 4.90 Å². The van der Waals surface area contributed by atoms with Gasteiger partial charge >= 0.3 is 0 Å². The van der Waals surface area contributed by atoms with E-state index in [1.165, 1.54) is 11.1 Å². The molecule has 0 spiro atoms. The average molecular weight is 459 g/mol. The van der Waals surface area contributed by atoms with Crippen LogP contribution in [0.5, 0.6) is 0 Å². The van der Waals surface area contributed by atoms with Crippen molar-refractivity contribution in [3.8, 4) is 0 Å². The first-order chi connectivity index (χ1) is 13.8. The summed E-state index contributed by atoms with van der Waals surface area (Å²) in [6.45, 7) is 11.1. The number of para-hydroxylation sites is 1. The molecule has 1 aliphatic rings. The van der Waals surface area contributed by atoms with Gasteiger partial charge in [0.25, 0.3) is 0 Å². The predicted molar refractivity (Wildman–Crippen MR) is 123 cm³/mol. The Labute approximate surface area is 182 Å². The van der Waals surface area contributed by atoms with E-state index in [1.807, 2.05) is 12.1 Å². The highest BCUT2D eigenvalue weighted by molar-refractivity contribution is 9.10. The van der Waals surface area contributed by atoms with Crippen molar-refractivity contribution >= 4 is 27.5 Å². The number of amides is 1. The second kappa shape index (κ2) is 9.88. The molecule has 2 aromatic carbocycles. The van der Waals surface area contributed by atoms with Crippen molar-refractivity contribution < 1.29 is 9.53 Å². The van der Waals surface area contributed by atoms with Crippen LogP contribution in [0.15, 0.2) is 46.9 Å². The van der Waals surface area contributed by atoms with Crippen molar-refractivity contribution in [2.24, 2.45) is 0 Å². The fourth-order valence-electron chi connectivity index (χ4n) is 3.83. The Morgan fingerprint density at radius 3 is 2.41 bits per heavy atom. The second-order valence-corrected chi connectivity index (χ2v) is 9.23. The van der Waals surface area contributed by atoms with E-state index >= 15 is 0 Å². The van der Waals surface area contributed by atoms with Gasteiger partial charge in [-0.1, -0.05) is 74.0 Å². The number of carbonyl (C=O) groups is 1. The summed E-state index contributed by atoms with van der Waals surface area (Å²) in [7, 11) is 0. The second-order valence-electron chi connectivity index (χ2n) is 8.32. The Morgan fingerprint density at radius 1 is 1.14 bits per heavy atom. The molecule has 0 aromatic heterocycles. The third-order valence-corrected chi connectivity index (χ3v) is 5.87. The zero-order valence-electron chi connectivity index (χ0n) is 17.7. The minimum absolute atomic E-state index is 0.0109. The van der Waals surface area contributed by atoms with Gasteiger partial charge in [-0.05, 0) is 40.7 Å². The third-order valence-electron chi connectivity index (χ3n) is 5.38. The number of anilines is 1. The van der Waals surface area contributed by atoms with Gasteiger partial charge in [-0.2, -0.15) is 0 Å². The van der Waals surface area contributed by atoms with Crippen LogP contribution in [-0.2, 0) is 9.53 Å². The molecule has 29 heavy (non-hydrogen) atoms. The largest absolute Gasteiger partial charge is 0.371 e. The smallest absolute Gasteiger partial charge is 0.238 e. The first-order valence-corrected chi connectivity index (χ1v) is 11.2. The Hall–Kier alpha value is -1.69. The first kappa shape index (κ1) is 22.0. The molecular formula is C24H31BrN2O2. The maximum Gasteiger partial charge on any atom is 0.238 e. The standard InChI is InChI=1S/C24H31BrN2O2/c1-16(2)20-9-6-10-21(17(3)4)24(20)26-23(28)15-27-11-12-29-22(14-27)18-7-5-8-19(25)13-18/h5-10,13,16-17,22H,11-12,14-15H2,1-4H3,(H,26,28). The monoisotopic (exact) mass is 458 g/mol. The van der Waals surface area contributed by atoms with Gasteiger partial charge in [0.2, 0.25) is 5.91 Å². The summed E-state index contributed by atoms with van der Waals surface area (Å²) in [4.78, 5) is 15.1. The highest BCUT2D eigenvalue weighted by atomic mass is 79.9. The van der Waals surface area contributed by atoms with E-state index in [2.05, 4.69) is 84.2 Å². The SMILES string of the molecule is CC(C)c1cccc(C(C)C)c1NC(=O)CN1CCOC(c2cccc(Br)c2)C1. The van der Waals surface area contributed by atoms with Crippen molar-refractivity contribution in [3.05, 3.63) is 63.6 Å². The molecule has 1 unspecified atom stereocenters. The Bertz CT molecular complexity index is 824. The molecule has 0 saturated carbocycles. The first-order valence-electron chi connectivity index (χ1n) is 10.4. The van der Waals surface area contributed by atoms with E-state index in [9.17, 15) is 4.79 Å². The zero-order valence-corrected chi connectivity index (χ0v) is 19.3. The number of hydrogen-bond acceptors (Lipinski definition) is 3. The molecule has 3 rings (SSSR count). The molecule has 0 bridgehead atoms. The van der Waals surface area contributed by atoms with Crippen LogP contribution in [0.2, 0.25) is 0 Å².